The van der Waals surface area contributed by atoms with E-state index in [-0.39, 0.29) is 76.5 Å². The molecule has 0 radical (unpaired) electrons. The zero-order valence-electron chi connectivity index (χ0n) is 24.1. The molecule has 228 valence electrons. The number of phenolic OH excluding ortho intramolecular Hbond substituents is 1. The van der Waals surface area contributed by atoms with Crippen LogP contribution in [0.1, 0.15) is 32.4 Å². The van der Waals surface area contributed by atoms with Gasteiger partial charge in [0.2, 0.25) is 17.7 Å². The van der Waals surface area contributed by atoms with Crippen LogP contribution in [0.4, 0.5) is 16.4 Å². The zero-order valence-corrected chi connectivity index (χ0v) is 27.0. The number of carbonyl (C=O) groups is 5. The molecule has 1 fully saturated rings. The van der Waals surface area contributed by atoms with Crippen LogP contribution in [-0.2, 0) is 23.9 Å². The summed E-state index contributed by atoms with van der Waals surface area (Å²) in [5, 5.41) is 37.0. The van der Waals surface area contributed by atoms with Crippen LogP contribution < -0.4 is 55.9 Å². The number of β-lactam (4-membered cyclic amide) rings is 1. The predicted molar refractivity (Wildman–Crippen MR) is 149 cm³/mol. The van der Waals surface area contributed by atoms with E-state index in [0.29, 0.717) is 0 Å². The molecular formula is C26H28N7NaO9S. The molecule has 1 saturated heterocycles. The van der Waals surface area contributed by atoms with Gasteiger partial charge in [0.25, 0.3) is 5.91 Å². The number of fused-ring (bicyclic) bond motifs is 1. The van der Waals surface area contributed by atoms with Crippen molar-refractivity contribution in [1.82, 2.24) is 20.2 Å². The molecule has 1 aromatic heterocycles. The number of nitrogens with zero attached hydrogens (tertiary/aromatic N) is 4. The molecule has 6 N–H and O–H groups in total. The number of rotatable bonds is 10. The fraction of sp³-hybridized carbons (Fsp3) is 0.346. The number of urea groups is 1. The number of hydrogen-bond donors (Lipinski definition) is 5. The van der Waals surface area contributed by atoms with Crippen LogP contribution in [0.2, 0.25) is 0 Å². The number of aromatic nitrogens is 2. The molecule has 0 spiro atoms. The van der Waals surface area contributed by atoms with E-state index in [0.717, 1.165) is 34.7 Å². The zero-order chi connectivity index (χ0) is 31.6. The summed E-state index contributed by atoms with van der Waals surface area (Å²) in [6.45, 7) is 4.43. The number of thioether (sulfide) groups is 1. The molecule has 3 heterocycles. The minimum Gasteiger partial charge on any atom is -0.543 e. The predicted octanol–water partition coefficient (Wildman–Crippen LogP) is -3.69. The Balaban J connectivity index is 0.00000529. The summed E-state index contributed by atoms with van der Waals surface area (Å²) in [6, 6.07) is 1.11. The molecular weight excluding hydrogens is 609 g/mol. The largest absolute Gasteiger partial charge is 1.00 e. The number of ether oxygens (including phenoxy) is 1. The smallest absolute Gasteiger partial charge is 0.543 e. The van der Waals surface area contributed by atoms with E-state index in [9.17, 15) is 39.3 Å². The molecule has 0 bridgehead atoms. The first-order valence-corrected chi connectivity index (χ1v) is 13.9. The van der Waals surface area contributed by atoms with Gasteiger partial charge in [-0.2, -0.15) is 4.98 Å². The van der Waals surface area contributed by atoms with Crippen molar-refractivity contribution in [2.45, 2.75) is 44.3 Å². The third-order valence-corrected chi connectivity index (χ3v) is 7.71. The molecule has 0 aliphatic carbocycles. The Labute approximate surface area is 277 Å². The maximum Gasteiger partial charge on any atom is 1.00 e. The van der Waals surface area contributed by atoms with Gasteiger partial charge >= 0.3 is 41.6 Å². The molecule has 44 heavy (non-hydrogen) atoms. The van der Waals surface area contributed by atoms with Gasteiger partial charge < -0.3 is 41.2 Å². The van der Waals surface area contributed by atoms with Gasteiger partial charge in [-0.3, -0.25) is 24.2 Å². The van der Waals surface area contributed by atoms with E-state index < -0.39 is 58.8 Å². The van der Waals surface area contributed by atoms with E-state index >= 15 is 0 Å². The molecule has 18 heteroatoms. The topological polar surface area (TPSA) is 240 Å². The van der Waals surface area contributed by atoms with Crippen LogP contribution in [0.15, 0.2) is 41.7 Å². The van der Waals surface area contributed by atoms with Crippen molar-refractivity contribution in [3.05, 3.63) is 47.3 Å². The van der Waals surface area contributed by atoms with Crippen LogP contribution in [0, 0.1) is 0 Å². The standard InChI is InChI=1S/C26H29N7O9S.Na/c1-11(2)29-26-28-8-16(20(36)31-26)32(25(27)41)18(13-4-6-15(35)7-5-13)21(37)30-17-22(38)33-19(24(39)40)14(9-42-12(3)34)10-43-23(17)33;/h4-8,11,17-18,23,35H,9-10H2,1-3H3,(H2,27,41)(H,30,37)(H,39,40)(H2,28,29,31,36);/q;+1/p-1/t17?,18?,23-;/m1./s1. The first-order chi connectivity index (χ1) is 20.3. The van der Waals surface area contributed by atoms with Crippen molar-refractivity contribution in [1.29, 1.82) is 0 Å². The van der Waals surface area contributed by atoms with Gasteiger partial charge in [0.05, 0.1) is 17.9 Å². The number of hydrogen-bond acceptors (Lipinski definition) is 13. The van der Waals surface area contributed by atoms with Crippen molar-refractivity contribution < 1.29 is 73.6 Å². The number of aliphatic carboxylic acids is 1. The number of benzene rings is 1. The Hall–Kier alpha value is -4.06. The summed E-state index contributed by atoms with van der Waals surface area (Å²) in [7, 11) is 0. The van der Waals surface area contributed by atoms with E-state index in [2.05, 4.69) is 20.6 Å². The van der Waals surface area contributed by atoms with E-state index in [1.54, 1.807) is 0 Å². The first-order valence-electron chi connectivity index (χ1n) is 12.8. The Morgan fingerprint density at radius 3 is 2.43 bits per heavy atom. The molecule has 2 aliphatic rings. The first kappa shape index (κ1) is 34.4. The van der Waals surface area contributed by atoms with Crippen molar-refractivity contribution in [3.8, 4) is 11.6 Å². The van der Waals surface area contributed by atoms with Crippen molar-refractivity contribution >= 4 is 53.2 Å². The van der Waals surface area contributed by atoms with E-state index in [4.69, 9.17) is 10.5 Å². The summed E-state index contributed by atoms with van der Waals surface area (Å²) in [4.78, 5) is 72.5. The number of nitrogens with two attached hydrogens (primary N) is 1. The second-order valence-electron chi connectivity index (χ2n) is 9.82. The third kappa shape index (κ3) is 7.18. The van der Waals surface area contributed by atoms with E-state index in [1.807, 2.05) is 13.8 Å². The van der Waals surface area contributed by atoms with Crippen molar-refractivity contribution in [2.75, 3.05) is 22.6 Å². The fourth-order valence-corrected chi connectivity index (χ4v) is 5.85. The van der Waals surface area contributed by atoms with Crippen molar-refractivity contribution in [3.63, 3.8) is 0 Å². The molecule has 3 atom stereocenters. The molecule has 0 saturated carbocycles. The maximum atomic E-state index is 13.8. The number of amides is 4. The van der Waals surface area contributed by atoms with Crippen LogP contribution in [0.25, 0.3) is 0 Å². The van der Waals surface area contributed by atoms with Gasteiger partial charge in [0.1, 0.15) is 35.5 Å². The number of anilines is 2. The number of aromatic hydroxyl groups is 2. The van der Waals surface area contributed by atoms with Crippen molar-refractivity contribution in [2.24, 2.45) is 5.73 Å². The second kappa shape index (κ2) is 14.1. The van der Waals surface area contributed by atoms with Gasteiger partial charge in [-0.05, 0) is 31.5 Å². The normalized spacial score (nSPS) is 17.9. The number of carbonyl (C=O) groups excluding carboxylic acids is 5. The molecule has 2 aromatic rings. The molecule has 2 aliphatic heterocycles. The van der Waals surface area contributed by atoms with Gasteiger partial charge in [-0.25, -0.2) is 9.78 Å². The number of carboxylic acid groups (broad SMARTS) is 1. The Kier molecular flexibility index (Phi) is 11.1. The van der Waals surface area contributed by atoms with Gasteiger partial charge in [-0.1, -0.05) is 12.1 Å². The molecule has 4 rings (SSSR count). The number of primary amides is 1. The summed E-state index contributed by atoms with van der Waals surface area (Å²) in [5.74, 6) is -4.70. The van der Waals surface area contributed by atoms with Gasteiger partial charge in [0.15, 0.2) is 0 Å². The molecule has 4 amide bonds. The average Bonchev–Trinajstić information content (AvgIpc) is 2.93. The summed E-state index contributed by atoms with van der Waals surface area (Å²) >= 11 is 1.12. The summed E-state index contributed by atoms with van der Waals surface area (Å²) in [6.07, 6.45) is 1.09. The average molecular weight is 638 g/mol. The quantitative estimate of drug-likeness (QED) is 0.0959. The second-order valence-corrected chi connectivity index (χ2v) is 10.9. The van der Waals surface area contributed by atoms with Gasteiger partial charge in [0, 0.05) is 24.3 Å². The summed E-state index contributed by atoms with van der Waals surface area (Å²) in [5.41, 5.74) is 5.19. The maximum absolute atomic E-state index is 13.8. The SMILES string of the molecule is CC(=O)OCC1=C(C(=O)[O-])N2C(=O)C(NC(=O)C(c3ccc(O)cc3)N(C(N)=O)c3cnc(NC(C)C)nc3O)[C@H]2SC1.[Na+]. The minimum absolute atomic E-state index is 0. The Morgan fingerprint density at radius 2 is 1.89 bits per heavy atom. The Bertz CT molecular complexity index is 1510. The van der Waals surface area contributed by atoms with Crippen LogP contribution >= 0.6 is 11.8 Å². The molecule has 1 aromatic carbocycles. The number of nitrogens with one attached hydrogen (secondary N) is 2. The monoisotopic (exact) mass is 637 g/mol. The third-order valence-electron chi connectivity index (χ3n) is 6.37. The number of carboxylic acids is 1. The fourth-order valence-electron chi connectivity index (χ4n) is 4.53. The minimum atomic E-state index is -1.65. The Morgan fingerprint density at radius 1 is 1.23 bits per heavy atom. The van der Waals surface area contributed by atoms with Crippen LogP contribution in [0.3, 0.4) is 0 Å². The molecule has 16 nitrogen and oxygen atoms in total. The number of esters is 1. The molecule has 2 unspecified atom stereocenters. The number of phenols is 1. The van der Waals surface area contributed by atoms with Crippen LogP contribution in [0.5, 0.6) is 11.6 Å². The van der Waals surface area contributed by atoms with E-state index in [1.165, 1.54) is 24.3 Å². The van der Waals surface area contributed by atoms with Crippen LogP contribution in [-0.4, -0.2) is 84.7 Å². The summed E-state index contributed by atoms with van der Waals surface area (Å²) < 4.78 is 4.90. The van der Waals surface area contributed by atoms with Gasteiger partial charge in [-0.15, -0.1) is 11.8 Å².